The highest BCUT2D eigenvalue weighted by molar-refractivity contribution is 7.90. The summed E-state index contributed by atoms with van der Waals surface area (Å²) in [6.45, 7) is 0.221. The average molecular weight is 329 g/mol. The molecule has 0 spiro atoms. The third kappa shape index (κ3) is 4.13. The van der Waals surface area contributed by atoms with Gasteiger partial charge in [0, 0.05) is 31.1 Å². The van der Waals surface area contributed by atoms with Crippen LogP contribution in [-0.2, 0) is 26.3 Å². The minimum Gasteiger partial charge on any atom is -0.348 e. The van der Waals surface area contributed by atoms with Crippen LogP contribution >= 0.6 is 0 Å². The number of aromatic nitrogens is 2. The third-order valence-electron chi connectivity index (χ3n) is 2.80. The lowest BCUT2D eigenvalue weighted by atomic mass is 10.3. The first-order valence-corrected chi connectivity index (χ1v) is 9.43. The van der Waals surface area contributed by atoms with Gasteiger partial charge in [0.1, 0.15) is 0 Å². The van der Waals surface area contributed by atoms with E-state index in [0.29, 0.717) is 6.42 Å². The summed E-state index contributed by atoms with van der Waals surface area (Å²) in [5.74, 6) is 0. The SMILES string of the molecule is CS(=O)(=O)c1ccc(S(=O)(=O)NCCc2cnc[nH]2)cc1. The average Bonchev–Trinajstić information content (AvgIpc) is 2.91. The Hall–Kier alpha value is -1.71. The number of nitrogens with zero attached hydrogens (tertiary/aromatic N) is 1. The molecule has 1 aromatic heterocycles. The molecule has 7 nitrogen and oxygen atoms in total. The molecule has 1 heterocycles. The first kappa shape index (κ1) is 15.7. The van der Waals surface area contributed by atoms with Crippen LogP contribution in [0.15, 0.2) is 46.6 Å². The molecule has 1 aromatic carbocycles. The maximum atomic E-state index is 12.0. The van der Waals surface area contributed by atoms with Gasteiger partial charge in [0.2, 0.25) is 10.0 Å². The maximum Gasteiger partial charge on any atom is 0.240 e. The Morgan fingerprint density at radius 3 is 2.24 bits per heavy atom. The molecule has 0 radical (unpaired) electrons. The van der Waals surface area contributed by atoms with E-state index in [1.54, 1.807) is 6.20 Å². The van der Waals surface area contributed by atoms with Crippen LogP contribution in [0.5, 0.6) is 0 Å². The highest BCUT2D eigenvalue weighted by atomic mass is 32.2. The quantitative estimate of drug-likeness (QED) is 0.794. The third-order valence-corrected chi connectivity index (χ3v) is 5.41. The van der Waals surface area contributed by atoms with Gasteiger partial charge >= 0.3 is 0 Å². The second-order valence-electron chi connectivity index (χ2n) is 4.47. The van der Waals surface area contributed by atoms with E-state index >= 15 is 0 Å². The number of nitrogens with one attached hydrogen (secondary N) is 2. The smallest absolute Gasteiger partial charge is 0.240 e. The Morgan fingerprint density at radius 1 is 1.10 bits per heavy atom. The lowest BCUT2D eigenvalue weighted by Crippen LogP contribution is -2.26. The van der Waals surface area contributed by atoms with Crippen molar-refractivity contribution in [1.29, 1.82) is 0 Å². The number of sulfone groups is 1. The molecule has 0 bridgehead atoms. The zero-order valence-electron chi connectivity index (χ0n) is 11.3. The Labute approximate surface area is 123 Å². The van der Waals surface area contributed by atoms with Gasteiger partial charge in [0.05, 0.1) is 16.1 Å². The summed E-state index contributed by atoms with van der Waals surface area (Å²) in [6, 6.07) is 5.10. The minimum atomic E-state index is -3.65. The molecule has 2 rings (SSSR count). The maximum absolute atomic E-state index is 12.0. The van der Waals surface area contributed by atoms with E-state index in [9.17, 15) is 16.8 Å². The van der Waals surface area contributed by atoms with Gasteiger partial charge in [-0.25, -0.2) is 26.5 Å². The van der Waals surface area contributed by atoms with E-state index in [-0.39, 0.29) is 16.3 Å². The molecule has 0 aliphatic rings. The molecule has 2 N–H and O–H groups in total. The standard InChI is InChI=1S/C12H15N3O4S2/c1-20(16,17)11-2-4-12(5-3-11)21(18,19)15-7-6-10-8-13-9-14-10/h2-5,8-9,15H,6-7H2,1H3,(H,13,14). The van der Waals surface area contributed by atoms with Crippen LogP contribution in [0, 0.1) is 0 Å². The number of sulfonamides is 1. The second kappa shape index (κ2) is 5.96. The monoisotopic (exact) mass is 329 g/mol. The van der Waals surface area contributed by atoms with Gasteiger partial charge in [0.15, 0.2) is 9.84 Å². The molecule has 21 heavy (non-hydrogen) atoms. The molecule has 0 atom stereocenters. The fraction of sp³-hybridized carbons (Fsp3) is 0.250. The highest BCUT2D eigenvalue weighted by Gasteiger charge is 2.15. The zero-order chi connectivity index (χ0) is 15.5. The minimum absolute atomic E-state index is 0.0273. The fourth-order valence-corrected chi connectivity index (χ4v) is 3.35. The molecule has 0 aliphatic heterocycles. The molecule has 0 aliphatic carbocycles. The summed E-state index contributed by atoms with van der Waals surface area (Å²) < 4.78 is 49.2. The van der Waals surface area contributed by atoms with Crippen LogP contribution < -0.4 is 4.72 Å². The first-order valence-electron chi connectivity index (χ1n) is 6.06. The largest absolute Gasteiger partial charge is 0.348 e. The lowest BCUT2D eigenvalue weighted by Gasteiger charge is -2.06. The van der Waals surface area contributed by atoms with Crippen LogP contribution in [0.1, 0.15) is 5.69 Å². The van der Waals surface area contributed by atoms with Crippen molar-refractivity contribution in [2.45, 2.75) is 16.2 Å². The van der Waals surface area contributed by atoms with Gasteiger partial charge in [-0.05, 0) is 24.3 Å². The highest BCUT2D eigenvalue weighted by Crippen LogP contribution is 2.14. The molecule has 114 valence electrons. The number of benzene rings is 1. The lowest BCUT2D eigenvalue weighted by molar-refractivity contribution is 0.580. The van der Waals surface area contributed by atoms with Gasteiger partial charge < -0.3 is 4.98 Å². The predicted molar refractivity (Wildman–Crippen MR) is 77.0 cm³/mol. The zero-order valence-corrected chi connectivity index (χ0v) is 12.9. The Balaban J connectivity index is 2.05. The van der Waals surface area contributed by atoms with E-state index in [1.165, 1.54) is 30.6 Å². The Morgan fingerprint density at radius 2 is 1.71 bits per heavy atom. The fourth-order valence-electron chi connectivity index (χ4n) is 1.69. The van der Waals surface area contributed by atoms with E-state index < -0.39 is 19.9 Å². The first-order chi connectivity index (χ1) is 9.79. The van der Waals surface area contributed by atoms with Crippen molar-refractivity contribution in [3.8, 4) is 0 Å². The normalized spacial score (nSPS) is 12.4. The molecule has 9 heteroatoms. The van der Waals surface area contributed by atoms with Crippen LogP contribution in [-0.4, -0.2) is 39.6 Å². The molecular formula is C12H15N3O4S2. The topological polar surface area (TPSA) is 109 Å². The molecule has 0 saturated carbocycles. The number of imidazole rings is 1. The van der Waals surface area contributed by atoms with E-state index in [1.807, 2.05) is 0 Å². The summed E-state index contributed by atoms with van der Waals surface area (Å²) >= 11 is 0. The van der Waals surface area contributed by atoms with Gasteiger partial charge in [-0.3, -0.25) is 0 Å². The van der Waals surface area contributed by atoms with Crippen molar-refractivity contribution in [3.63, 3.8) is 0 Å². The van der Waals surface area contributed by atoms with Gasteiger partial charge in [0.25, 0.3) is 0 Å². The number of hydrogen-bond donors (Lipinski definition) is 2. The molecule has 0 unspecified atom stereocenters. The molecule has 0 saturated heterocycles. The van der Waals surface area contributed by atoms with Crippen molar-refractivity contribution < 1.29 is 16.8 Å². The predicted octanol–water partition coefficient (Wildman–Crippen LogP) is 0.334. The molecule has 0 amide bonds. The van der Waals surface area contributed by atoms with Crippen molar-refractivity contribution in [2.75, 3.05) is 12.8 Å². The van der Waals surface area contributed by atoms with Crippen molar-refractivity contribution in [2.24, 2.45) is 0 Å². The van der Waals surface area contributed by atoms with Gasteiger partial charge in [-0.15, -0.1) is 0 Å². The number of aromatic amines is 1. The van der Waals surface area contributed by atoms with Crippen LogP contribution in [0.25, 0.3) is 0 Å². The number of rotatable bonds is 6. The second-order valence-corrected chi connectivity index (χ2v) is 8.25. The Bertz CT molecular complexity index is 795. The van der Waals surface area contributed by atoms with Gasteiger partial charge in [-0.1, -0.05) is 0 Å². The summed E-state index contributed by atoms with van der Waals surface area (Å²) in [6.07, 6.45) is 4.70. The summed E-state index contributed by atoms with van der Waals surface area (Å²) in [4.78, 5) is 6.82. The molecule has 2 aromatic rings. The van der Waals surface area contributed by atoms with Crippen LogP contribution in [0.2, 0.25) is 0 Å². The summed E-state index contributed by atoms with van der Waals surface area (Å²) in [5, 5.41) is 0. The van der Waals surface area contributed by atoms with Gasteiger partial charge in [-0.2, -0.15) is 0 Å². The summed E-state index contributed by atoms with van der Waals surface area (Å²) in [5.41, 5.74) is 0.824. The summed E-state index contributed by atoms with van der Waals surface area (Å²) in [7, 11) is -6.99. The van der Waals surface area contributed by atoms with E-state index in [2.05, 4.69) is 14.7 Å². The molecular weight excluding hydrogens is 314 g/mol. The van der Waals surface area contributed by atoms with Crippen molar-refractivity contribution in [3.05, 3.63) is 42.5 Å². The van der Waals surface area contributed by atoms with E-state index in [4.69, 9.17) is 0 Å². The van der Waals surface area contributed by atoms with Crippen LogP contribution in [0.3, 0.4) is 0 Å². The van der Waals surface area contributed by atoms with Crippen LogP contribution in [0.4, 0.5) is 0 Å². The van der Waals surface area contributed by atoms with Crippen molar-refractivity contribution >= 4 is 19.9 Å². The number of H-pyrrole nitrogens is 1. The number of hydrogen-bond acceptors (Lipinski definition) is 5. The van der Waals surface area contributed by atoms with Crippen molar-refractivity contribution in [1.82, 2.24) is 14.7 Å². The molecule has 0 fully saturated rings. The Kier molecular flexibility index (Phi) is 4.45. The van der Waals surface area contributed by atoms with E-state index in [0.717, 1.165) is 11.9 Å².